The Kier molecular flexibility index (Phi) is 4.86. The van der Waals surface area contributed by atoms with E-state index in [2.05, 4.69) is 25.7 Å². The number of hydrogen-bond donors (Lipinski definition) is 0. The van der Waals surface area contributed by atoms with Crippen LogP contribution in [0, 0.1) is 11.3 Å². The summed E-state index contributed by atoms with van der Waals surface area (Å²) >= 11 is 2.69. The highest BCUT2D eigenvalue weighted by Gasteiger charge is 2.39. The highest BCUT2D eigenvalue weighted by molar-refractivity contribution is 9.08. The molecule has 0 fully saturated rings. The zero-order chi connectivity index (χ0) is 15.6. The van der Waals surface area contributed by atoms with Gasteiger partial charge in [0, 0.05) is 17.1 Å². The van der Waals surface area contributed by atoms with Crippen LogP contribution in [0.15, 0.2) is 6.20 Å². The minimum Gasteiger partial charge on any atom is -0.403 e. The molecular formula is C10H5BrF6N2O. The maximum Gasteiger partial charge on any atom is 0.573 e. The van der Waals surface area contributed by atoms with Crippen LogP contribution in [0.4, 0.5) is 26.3 Å². The minimum absolute atomic E-state index is 0.381. The molecule has 20 heavy (non-hydrogen) atoms. The van der Waals surface area contributed by atoms with Gasteiger partial charge in [0.15, 0.2) is 5.75 Å². The number of aromatic nitrogens is 1. The van der Waals surface area contributed by atoms with Crippen LogP contribution in [0.5, 0.6) is 5.75 Å². The number of halogens is 7. The predicted molar refractivity (Wildman–Crippen MR) is 57.9 cm³/mol. The molecule has 0 N–H and O–H groups in total. The molecule has 1 rings (SSSR count). The standard InChI is InChI=1S/C10H5BrF6N2O/c11-3-5-6(9(12,13)14)4-19-7(1-2-18)8(5)20-10(15,16)17/h4H,1,3H2. The van der Waals surface area contributed by atoms with Crippen molar-refractivity contribution in [3.05, 3.63) is 23.0 Å². The van der Waals surface area contributed by atoms with Crippen LogP contribution < -0.4 is 4.74 Å². The lowest BCUT2D eigenvalue weighted by Crippen LogP contribution is -2.21. The fourth-order valence-electron chi connectivity index (χ4n) is 1.39. The molecule has 0 saturated heterocycles. The molecule has 1 aromatic heterocycles. The summed E-state index contributed by atoms with van der Waals surface area (Å²) in [7, 11) is 0. The fourth-order valence-corrected chi connectivity index (χ4v) is 1.95. The summed E-state index contributed by atoms with van der Waals surface area (Å²) in [6.45, 7) is 0. The second kappa shape index (κ2) is 5.87. The Bertz CT molecular complexity index is 534. The molecular weight excluding hydrogens is 358 g/mol. The first kappa shape index (κ1) is 16.6. The molecule has 0 aliphatic heterocycles. The van der Waals surface area contributed by atoms with Gasteiger partial charge in [0.2, 0.25) is 0 Å². The Morgan fingerprint density at radius 1 is 1.25 bits per heavy atom. The quantitative estimate of drug-likeness (QED) is 0.603. The summed E-state index contributed by atoms with van der Waals surface area (Å²) in [5, 5.41) is 7.94. The van der Waals surface area contributed by atoms with Gasteiger partial charge in [-0.05, 0) is 0 Å². The average molecular weight is 363 g/mol. The lowest BCUT2D eigenvalue weighted by atomic mass is 10.1. The van der Waals surface area contributed by atoms with Crippen molar-refractivity contribution in [2.45, 2.75) is 24.3 Å². The van der Waals surface area contributed by atoms with E-state index in [1.165, 1.54) is 6.07 Å². The second-order valence-corrected chi connectivity index (χ2v) is 4.00. The molecule has 0 saturated carbocycles. The van der Waals surface area contributed by atoms with E-state index in [1.54, 1.807) is 0 Å². The number of hydrogen-bond acceptors (Lipinski definition) is 3. The molecule has 0 atom stereocenters. The van der Waals surface area contributed by atoms with Crippen LogP contribution in [0.1, 0.15) is 16.8 Å². The molecule has 110 valence electrons. The maximum atomic E-state index is 12.7. The van der Waals surface area contributed by atoms with E-state index in [4.69, 9.17) is 5.26 Å². The largest absolute Gasteiger partial charge is 0.573 e. The minimum atomic E-state index is -5.19. The Labute approximate surface area is 117 Å². The number of rotatable bonds is 3. The van der Waals surface area contributed by atoms with E-state index in [0.29, 0.717) is 6.20 Å². The Balaban J connectivity index is 3.51. The predicted octanol–water partition coefficient (Wildman–Crippen LogP) is 3.96. The van der Waals surface area contributed by atoms with Crippen molar-refractivity contribution < 1.29 is 31.1 Å². The number of alkyl halides is 7. The van der Waals surface area contributed by atoms with Crippen molar-refractivity contribution in [1.82, 2.24) is 4.98 Å². The summed E-state index contributed by atoms with van der Waals surface area (Å²) < 4.78 is 78.5. The van der Waals surface area contributed by atoms with Gasteiger partial charge in [-0.2, -0.15) is 18.4 Å². The topological polar surface area (TPSA) is 45.9 Å². The van der Waals surface area contributed by atoms with E-state index in [9.17, 15) is 26.3 Å². The number of nitrogens with zero attached hydrogens (tertiary/aromatic N) is 2. The van der Waals surface area contributed by atoms with Gasteiger partial charge in [-0.3, -0.25) is 4.98 Å². The monoisotopic (exact) mass is 362 g/mol. The Hall–Kier alpha value is -1.50. The van der Waals surface area contributed by atoms with E-state index >= 15 is 0 Å². The molecule has 0 spiro atoms. The molecule has 0 aliphatic carbocycles. The molecule has 3 nitrogen and oxygen atoms in total. The van der Waals surface area contributed by atoms with Crippen LogP contribution in [0.2, 0.25) is 0 Å². The Morgan fingerprint density at radius 3 is 2.25 bits per heavy atom. The lowest BCUT2D eigenvalue weighted by molar-refractivity contribution is -0.275. The van der Waals surface area contributed by atoms with Gasteiger partial charge in [-0.25, -0.2) is 0 Å². The van der Waals surface area contributed by atoms with Crippen LogP contribution in [-0.2, 0) is 17.9 Å². The van der Waals surface area contributed by atoms with E-state index < -0.39 is 46.9 Å². The smallest absolute Gasteiger partial charge is 0.403 e. The van der Waals surface area contributed by atoms with Crippen molar-refractivity contribution in [2.24, 2.45) is 0 Å². The van der Waals surface area contributed by atoms with Crippen molar-refractivity contribution in [1.29, 1.82) is 5.26 Å². The van der Waals surface area contributed by atoms with Gasteiger partial charge in [0.1, 0.15) is 0 Å². The first-order chi connectivity index (χ1) is 9.10. The van der Waals surface area contributed by atoms with Gasteiger partial charge in [0.05, 0.1) is 23.7 Å². The van der Waals surface area contributed by atoms with Crippen molar-refractivity contribution >= 4 is 15.9 Å². The molecule has 0 unspecified atom stereocenters. The molecule has 1 aromatic rings. The van der Waals surface area contributed by atoms with Crippen molar-refractivity contribution in [2.75, 3.05) is 0 Å². The molecule has 0 radical (unpaired) electrons. The van der Waals surface area contributed by atoms with Crippen molar-refractivity contribution in [3.63, 3.8) is 0 Å². The zero-order valence-corrected chi connectivity index (χ0v) is 11.0. The molecule has 1 heterocycles. The molecule has 0 aliphatic rings. The SMILES string of the molecule is N#CCc1ncc(C(F)(F)F)c(CBr)c1OC(F)(F)F. The van der Waals surface area contributed by atoms with E-state index in [-0.39, 0.29) is 0 Å². The third-order valence-electron chi connectivity index (χ3n) is 2.11. The van der Waals surface area contributed by atoms with Gasteiger partial charge in [-0.15, -0.1) is 13.2 Å². The van der Waals surface area contributed by atoms with Gasteiger partial charge in [-0.1, -0.05) is 15.9 Å². The van der Waals surface area contributed by atoms with Gasteiger partial charge < -0.3 is 4.74 Å². The molecule has 0 bridgehead atoms. The molecule has 0 amide bonds. The molecule has 0 aromatic carbocycles. The lowest BCUT2D eigenvalue weighted by Gasteiger charge is -2.18. The maximum absolute atomic E-state index is 12.7. The summed E-state index contributed by atoms with van der Waals surface area (Å²) in [6.07, 6.45) is -10.3. The third kappa shape index (κ3) is 4.00. The summed E-state index contributed by atoms with van der Waals surface area (Å²) in [5.41, 5.74) is -2.61. The number of pyridine rings is 1. The van der Waals surface area contributed by atoms with Crippen molar-refractivity contribution in [3.8, 4) is 11.8 Å². The fraction of sp³-hybridized carbons (Fsp3) is 0.400. The van der Waals surface area contributed by atoms with Crippen LogP contribution >= 0.6 is 15.9 Å². The first-order valence-electron chi connectivity index (χ1n) is 4.86. The normalized spacial score (nSPS) is 12.1. The molecule has 10 heteroatoms. The average Bonchev–Trinajstić information content (AvgIpc) is 2.27. The van der Waals surface area contributed by atoms with E-state index in [1.807, 2.05) is 0 Å². The third-order valence-corrected chi connectivity index (χ3v) is 2.67. The second-order valence-electron chi connectivity index (χ2n) is 3.44. The first-order valence-corrected chi connectivity index (χ1v) is 5.99. The highest BCUT2D eigenvalue weighted by Crippen LogP contribution is 2.39. The Morgan fingerprint density at radius 2 is 1.85 bits per heavy atom. The summed E-state index contributed by atoms with van der Waals surface area (Å²) in [6, 6.07) is 1.51. The van der Waals surface area contributed by atoms with Gasteiger partial charge >= 0.3 is 12.5 Å². The summed E-state index contributed by atoms with van der Waals surface area (Å²) in [4.78, 5) is 3.24. The van der Waals surface area contributed by atoms with Crippen LogP contribution in [0.3, 0.4) is 0 Å². The zero-order valence-electron chi connectivity index (χ0n) is 9.44. The highest BCUT2D eigenvalue weighted by atomic mass is 79.9. The van der Waals surface area contributed by atoms with E-state index in [0.717, 1.165) is 0 Å². The number of ether oxygens (including phenoxy) is 1. The number of nitriles is 1. The summed E-state index contributed by atoms with van der Waals surface area (Å²) in [5.74, 6) is -1.09. The van der Waals surface area contributed by atoms with Gasteiger partial charge in [0.25, 0.3) is 0 Å². The van der Waals surface area contributed by atoms with Crippen LogP contribution in [-0.4, -0.2) is 11.3 Å². The van der Waals surface area contributed by atoms with Crippen LogP contribution in [0.25, 0.3) is 0 Å².